The Bertz CT molecular complexity index is 990. The predicted molar refractivity (Wildman–Crippen MR) is 100.0 cm³/mol. The number of furan rings is 1. The molecule has 3 aromatic rings. The number of ether oxygens (including phenoxy) is 1. The molecule has 28 heavy (non-hydrogen) atoms. The molecule has 0 aliphatic heterocycles. The van der Waals surface area contributed by atoms with E-state index in [1.807, 2.05) is 27.1 Å². The molecule has 1 aromatic carbocycles. The first-order valence-corrected chi connectivity index (χ1v) is 8.60. The number of benzene rings is 1. The van der Waals surface area contributed by atoms with Gasteiger partial charge in [0.15, 0.2) is 5.76 Å². The highest BCUT2D eigenvalue weighted by Gasteiger charge is 2.18. The molecule has 2 aromatic heterocycles. The number of aromatic nitrogens is 2. The molecule has 0 fully saturated rings. The zero-order chi connectivity index (χ0) is 20.3. The molecule has 0 bridgehead atoms. The molecule has 1 unspecified atom stereocenters. The van der Waals surface area contributed by atoms with Crippen LogP contribution in [0.1, 0.15) is 40.5 Å². The maximum absolute atomic E-state index is 12.4. The lowest BCUT2D eigenvalue weighted by Gasteiger charge is -2.12. The van der Waals surface area contributed by atoms with Gasteiger partial charge in [-0.25, -0.2) is 0 Å². The Hall–Kier alpha value is -3.62. The average Bonchev–Trinajstić information content (AvgIpc) is 3.26. The zero-order valence-electron chi connectivity index (χ0n) is 15.7. The Morgan fingerprint density at radius 3 is 2.64 bits per heavy atom. The predicted octanol–water partition coefficient (Wildman–Crippen LogP) is 3.30. The molecule has 0 saturated carbocycles. The van der Waals surface area contributed by atoms with Crippen molar-refractivity contribution in [2.45, 2.75) is 26.5 Å². The lowest BCUT2D eigenvalue weighted by Crippen LogP contribution is -2.26. The molecule has 3 rings (SSSR count). The Morgan fingerprint density at radius 1 is 1.32 bits per heavy atom. The number of aryl methyl sites for hydroxylation is 2. The van der Waals surface area contributed by atoms with Gasteiger partial charge >= 0.3 is 0 Å². The van der Waals surface area contributed by atoms with Crippen LogP contribution in [0.3, 0.4) is 0 Å². The average molecular weight is 384 g/mol. The van der Waals surface area contributed by atoms with Gasteiger partial charge in [0, 0.05) is 30.9 Å². The van der Waals surface area contributed by atoms with E-state index in [0.717, 1.165) is 11.3 Å². The second-order valence-electron chi connectivity index (χ2n) is 6.34. The minimum absolute atomic E-state index is 0.0118. The normalized spacial score (nSPS) is 11.8. The first-order valence-electron chi connectivity index (χ1n) is 8.60. The van der Waals surface area contributed by atoms with E-state index in [2.05, 4.69) is 10.4 Å². The van der Waals surface area contributed by atoms with Gasteiger partial charge in [-0.05, 0) is 38.1 Å². The molecule has 1 amide bonds. The quantitative estimate of drug-likeness (QED) is 0.494. The summed E-state index contributed by atoms with van der Waals surface area (Å²) in [6.07, 6.45) is 1.87. The van der Waals surface area contributed by atoms with Gasteiger partial charge in [0.2, 0.25) is 0 Å². The Labute approximate surface area is 161 Å². The fourth-order valence-electron chi connectivity index (χ4n) is 2.78. The third-order valence-corrected chi connectivity index (χ3v) is 4.18. The number of hydrogen-bond donors (Lipinski definition) is 1. The van der Waals surface area contributed by atoms with Crippen molar-refractivity contribution in [3.8, 4) is 5.75 Å². The number of nitrogens with zero attached hydrogens (tertiary/aromatic N) is 3. The molecule has 0 saturated heterocycles. The lowest BCUT2D eigenvalue weighted by molar-refractivity contribution is -0.384. The maximum atomic E-state index is 12.4. The van der Waals surface area contributed by atoms with E-state index in [4.69, 9.17) is 9.15 Å². The van der Waals surface area contributed by atoms with E-state index in [1.165, 1.54) is 24.3 Å². The first kappa shape index (κ1) is 19.2. The number of nitro benzene ring substituents is 1. The molecular weight excluding hydrogens is 364 g/mol. The van der Waals surface area contributed by atoms with Crippen LogP contribution in [0.25, 0.3) is 0 Å². The van der Waals surface area contributed by atoms with Crippen molar-refractivity contribution in [2.75, 3.05) is 0 Å². The number of amides is 1. The summed E-state index contributed by atoms with van der Waals surface area (Å²) in [6, 6.07) is 8.74. The number of hydrogen-bond acceptors (Lipinski definition) is 6. The molecule has 0 spiro atoms. The van der Waals surface area contributed by atoms with Crippen molar-refractivity contribution in [3.05, 3.63) is 75.5 Å². The molecule has 146 valence electrons. The minimum Gasteiger partial charge on any atom is -0.486 e. The van der Waals surface area contributed by atoms with Crippen LogP contribution in [0.4, 0.5) is 5.69 Å². The number of carbonyl (C=O) groups is 1. The number of nitro groups is 1. The van der Waals surface area contributed by atoms with E-state index in [1.54, 1.807) is 16.8 Å². The standard InChI is InChI=1S/C19H20N4O5/c1-12(17-10-22(3)21-13(17)2)20-19(24)18-9-8-16(28-18)11-27-15-6-4-14(5-7-15)23(25)26/h4-10,12H,11H2,1-3H3,(H,20,24). The van der Waals surface area contributed by atoms with Gasteiger partial charge in [-0.15, -0.1) is 0 Å². The summed E-state index contributed by atoms with van der Waals surface area (Å²) in [5.41, 5.74) is 1.78. The smallest absolute Gasteiger partial charge is 0.287 e. The Morgan fingerprint density at radius 2 is 2.04 bits per heavy atom. The van der Waals surface area contributed by atoms with Crippen LogP contribution in [0.5, 0.6) is 5.75 Å². The van der Waals surface area contributed by atoms with Crippen molar-refractivity contribution in [3.63, 3.8) is 0 Å². The van der Waals surface area contributed by atoms with Crippen LogP contribution in [0, 0.1) is 17.0 Å². The van der Waals surface area contributed by atoms with Gasteiger partial charge in [-0.3, -0.25) is 19.6 Å². The molecule has 9 heteroatoms. The van der Waals surface area contributed by atoms with Crippen LogP contribution in [-0.4, -0.2) is 20.6 Å². The topological polar surface area (TPSA) is 112 Å². The molecule has 0 radical (unpaired) electrons. The van der Waals surface area contributed by atoms with E-state index in [9.17, 15) is 14.9 Å². The molecule has 2 heterocycles. The number of rotatable bonds is 7. The molecule has 9 nitrogen and oxygen atoms in total. The highest BCUT2D eigenvalue weighted by atomic mass is 16.6. The van der Waals surface area contributed by atoms with Crippen molar-refractivity contribution in [2.24, 2.45) is 7.05 Å². The van der Waals surface area contributed by atoms with E-state index < -0.39 is 4.92 Å². The summed E-state index contributed by atoms with van der Waals surface area (Å²) in [5.74, 6) is 0.774. The van der Waals surface area contributed by atoms with Crippen molar-refractivity contribution < 1.29 is 18.9 Å². The van der Waals surface area contributed by atoms with Gasteiger partial charge < -0.3 is 14.5 Å². The van der Waals surface area contributed by atoms with Crippen molar-refractivity contribution in [1.82, 2.24) is 15.1 Å². The summed E-state index contributed by atoms with van der Waals surface area (Å²) in [7, 11) is 1.83. The molecule has 1 atom stereocenters. The number of non-ortho nitro benzene ring substituents is 1. The largest absolute Gasteiger partial charge is 0.486 e. The van der Waals surface area contributed by atoms with E-state index >= 15 is 0 Å². The summed E-state index contributed by atoms with van der Waals surface area (Å²) >= 11 is 0. The van der Waals surface area contributed by atoms with Crippen LogP contribution < -0.4 is 10.1 Å². The zero-order valence-corrected chi connectivity index (χ0v) is 15.7. The van der Waals surface area contributed by atoms with Crippen LogP contribution in [0.15, 0.2) is 47.0 Å². The lowest BCUT2D eigenvalue weighted by atomic mass is 10.1. The maximum Gasteiger partial charge on any atom is 0.287 e. The third-order valence-electron chi connectivity index (χ3n) is 4.18. The van der Waals surface area contributed by atoms with Gasteiger partial charge in [0.05, 0.1) is 16.7 Å². The number of nitrogens with one attached hydrogen (secondary N) is 1. The summed E-state index contributed by atoms with van der Waals surface area (Å²) in [4.78, 5) is 22.6. The number of carbonyl (C=O) groups excluding carboxylic acids is 1. The van der Waals surface area contributed by atoms with Crippen molar-refractivity contribution in [1.29, 1.82) is 0 Å². The van der Waals surface area contributed by atoms with Crippen LogP contribution >= 0.6 is 0 Å². The second kappa shape index (κ2) is 7.95. The van der Waals surface area contributed by atoms with Crippen LogP contribution in [-0.2, 0) is 13.7 Å². The summed E-state index contributed by atoms with van der Waals surface area (Å²) in [6.45, 7) is 3.87. The molecular formula is C19H20N4O5. The fraction of sp³-hybridized carbons (Fsp3) is 0.263. The first-order chi connectivity index (χ1) is 13.3. The van der Waals surface area contributed by atoms with Crippen LogP contribution in [0.2, 0.25) is 0 Å². The Kier molecular flexibility index (Phi) is 5.44. The van der Waals surface area contributed by atoms with Crippen molar-refractivity contribution >= 4 is 11.6 Å². The highest BCUT2D eigenvalue weighted by Crippen LogP contribution is 2.20. The SMILES string of the molecule is Cc1nn(C)cc1C(C)NC(=O)c1ccc(COc2ccc([N+](=O)[O-])cc2)o1. The van der Waals surface area contributed by atoms with Gasteiger partial charge in [-0.1, -0.05) is 0 Å². The highest BCUT2D eigenvalue weighted by molar-refractivity contribution is 5.91. The van der Waals surface area contributed by atoms with Gasteiger partial charge in [0.1, 0.15) is 18.1 Å². The van der Waals surface area contributed by atoms with E-state index in [0.29, 0.717) is 11.5 Å². The summed E-state index contributed by atoms with van der Waals surface area (Å²) in [5, 5.41) is 17.8. The monoisotopic (exact) mass is 384 g/mol. The molecule has 0 aliphatic carbocycles. The third kappa shape index (κ3) is 4.37. The van der Waals surface area contributed by atoms with E-state index in [-0.39, 0.29) is 30.0 Å². The minimum atomic E-state index is -0.477. The Balaban J connectivity index is 1.57. The second-order valence-corrected chi connectivity index (χ2v) is 6.34. The fourth-order valence-corrected chi connectivity index (χ4v) is 2.78. The summed E-state index contributed by atoms with van der Waals surface area (Å²) < 4.78 is 12.8. The van der Waals surface area contributed by atoms with Gasteiger partial charge in [0.25, 0.3) is 11.6 Å². The molecule has 0 aliphatic rings. The molecule has 1 N–H and O–H groups in total. The van der Waals surface area contributed by atoms with Gasteiger partial charge in [-0.2, -0.15) is 5.10 Å².